The molecule has 0 saturated carbocycles. The second-order valence-corrected chi connectivity index (χ2v) is 10.8. The number of ether oxygens (including phenoxy) is 1. The molecule has 0 aliphatic heterocycles. The van der Waals surface area contributed by atoms with Gasteiger partial charge in [0.25, 0.3) is 5.91 Å². The van der Waals surface area contributed by atoms with Gasteiger partial charge >= 0.3 is 5.97 Å². The van der Waals surface area contributed by atoms with Crippen molar-refractivity contribution in [2.45, 2.75) is 12.5 Å². The molecule has 6 aromatic rings. The Morgan fingerprint density at radius 1 is 0.745 bits per heavy atom. The number of hydrazone groups is 1. The second kappa shape index (κ2) is 13.9. The number of nitrogens with one attached hydrogen (secondary N) is 1. The highest BCUT2D eigenvalue weighted by Gasteiger charge is 2.40. The summed E-state index contributed by atoms with van der Waals surface area (Å²) in [5, 5.41) is 16.3. The van der Waals surface area contributed by atoms with E-state index >= 15 is 0 Å². The van der Waals surface area contributed by atoms with E-state index in [0.717, 1.165) is 33.8 Å². The Kier molecular flexibility index (Phi) is 9.18. The number of hydrogen-bond acceptors (Lipinski definition) is 5. The molecule has 0 fully saturated rings. The fraction of sp³-hybridized carbons (Fsp3) is 0.0750. The van der Waals surface area contributed by atoms with Gasteiger partial charge in [-0.1, -0.05) is 121 Å². The standard InChI is InChI=1S/C40H33N3O4/c1-2-47-38(44)31-23-25-35(26-24-31)43-36(29-15-7-3-8-16-29)27-32(37(43)30-17-9-4-10-18-30)28-41-42-39(45)40(46,33-19-11-5-12-20-33)34-21-13-6-14-22-34/h3-28,46H,2H2,1H3,(H,42,45)/b41-28-. The molecule has 5 aromatic carbocycles. The van der Waals surface area contributed by atoms with Crippen molar-refractivity contribution in [1.82, 2.24) is 9.99 Å². The van der Waals surface area contributed by atoms with Crippen LogP contribution in [0.3, 0.4) is 0 Å². The Morgan fingerprint density at radius 3 is 1.79 bits per heavy atom. The summed E-state index contributed by atoms with van der Waals surface area (Å²) < 4.78 is 7.30. The van der Waals surface area contributed by atoms with Gasteiger partial charge in [-0.2, -0.15) is 5.10 Å². The first-order valence-electron chi connectivity index (χ1n) is 15.3. The van der Waals surface area contributed by atoms with Gasteiger partial charge in [0.1, 0.15) is 0 Å². The van der Waals surface area contributed by atoms with E-state index in [9.17, 15) is 14.7 Å². The lowest BCUT2D eigenvalue weighted by Crippen LogP contribution is -2.43. The fourth-order valence-electron chi connectivity index (χ4n) is 5.60. The van der Waals surface area contributed by atoms with E-state index < -0.39 is 11.5 Å². The number of carbonyl (C=O) groups is 2. The third-order valence-corrected chi connectivity index (χ3v) is 7.87. The summed E-state index contributed by atoms with van der Waals surface area (Å²) in [5.41, 5.74) is 7.08. The van der Waals surface area contributed by atoms with Crippen molar-refractivity contribution in [3.8, 4) is 28.2 Å². The number of carbonyl (C=O) groups excluding carboxylic acids is 2. The minimum absolute atomic E-state index is 0.293. The lowest BCUT2D eigenvalue weighted by molar-refractivity contribution is -0.136. The fourth-order valence-corrected chi connectivity index (χ4v) is 5.60. The van der Waals surface area contributed by atoms with Crippen LogP contribution in [0, 0.1) is 0 Å². The molecule has 1 heterocycles. The van der Waals surface area contributed by atoms with Gasteiger partial charge in [-0.05, 0) is 59.5 Å². The van der Waals surface area contributed by atoms with Crippen molar-refractivity contribution in [2.24, 2.45) is 5.10 Å². The summed E-state index contributed by atoms with van der Waals surface area (Å²) >= 11 is 0. The molecule has 0 unspecified atom stereocenters. The molecule has 2 N–H and O–H groups in total. The van der Waals surface area contributed by atoms with Crippen LogP contribution in [-0.2, 0) is 15.1 Å². The molecule has 7 heteroatoms. The third kappa shape index (κ3) is 6.38. The van der Waals surface area contributed by atoms with Gasteiger partial charge in [0.15, 0.2) is 5.60 Å². The maximum Gasteiger partial charge on any atom is 0.338 e. The molecule has 0 aliphatic carbocycles. The smallest absolute Gasteiger partial charge is 0.338 e. The van der Waals surface area contributed by atoms with Gasteiger partial charge in [-0.15, -0.1) is 0 Å². The van der Waals surface area contributed by atoms with Crippen LogP contribution in [0.1, 0.15) is 34.0 Å². The van der Waals surface area contributed by atoms with E-state index in [0.29, 0.717) is 23.3 Å². The molecule has 1 aromatic heterocycles. The average molecular weight is 620 g/mol. The topological polar surface area (TPSA) is 92.9 Å². The quantitative estimate of drug-likeness (QED) is 0.0951. The number of benzene rings is 5. The van der Waals surface area contributed by atoms with Crippen molar-refractivity contribution in [1.29, 1.82) is 0 Å². The predicted octanol–water partition coefficient (Wildman–Crippen LogP) is 7.37. The number of nitrogens with zero attached hydrogens (tertiary/aromatic N) is 2. The van der Waals surface area contributed by atoms with Gasteiger partial charge in [-0.25, -0.2) is 10.2 Å². The van der Waals surface area contributed by atoms with Gasteiger partial charge in [0, 0.05) is 11.3 Å². The Hall–Kier alpha value is -6.05. The van der Waals surface area contributed by atoms with Gasteiger partial charge in [0.05, 0.1) is 29.8 Å². The molecule has 0 atom stereocenters. The Balaban J connectivity index is 1.45. The number of rotatable bonds is 10. The van der Waals surface area contributed by atoms with Gasteiger partial charge in [0.2, 0.25) is 0 Å². The molecule has 0 bridgehead atoms. The summed E-state index contributed by atoms with van der Waals surface area (Å²) in [4.78, 5) is 26.1. The average Bonchev–Trinajstić information content (AvgIpc) is 3.52. The van der Waals surface area contributed by atoms with Crippen molar-refractivity contribution in [3.05, 3.63) is 174 Å². The maximum atomic E-state index is 13.7. The Morgan fingerprint density at radius 2 is 1.26 bits per heavy atom. The number of amides is 1. The zero-order valence-electron chi connectivity index (χ0n) is 25.8. The molecule has 6 rings (SSSR count). The minimum atomic E-state index is -1.97. The molecule has 0 aliphatic rings. The van der Waals surface area contributed by atoms with Crippen molar-refractivity contribution < 1.29 is 19.4 Å². The van der Waals surface area contributed by atoms with E-state index in [4.69, 9.17) is 4.74 Å². The number of aromatic nitrogens is 1. The highest BCUT2D eigenvalue weighted by Crippen LogP contribution is 2.36. The minimum Gasteiger partial charge on any atom is -0.462 e. The van der Waals surface area contributed by atoms with Crippen molar-refractivity contribution >= 4 is 18.1 Å². The van der Waals surface area contributed by atoms with E-state index in [1.54, 1.807) is 73.8 Å². The molecule has 7 nitrogen and oxygen atoms in total. The monoisotopic (exact) mass is 619 g/mol. The molecular weight excluding hydrogens is 586 g/mol. The van der Waals surface area contributed by atoms with Crippen LogP contribution in [0.15, 0.2) is 157 Å². The van der Waals surface area contributed by atoms with Crippen LogP contribution >= 0.6 is 0 Å². The van der Waals surface area contributed by atoms with E-state index in [2.05, 4.69) is 15.1 Å². The first kappa shape index (κ1) is 31.0. The first-order valence-corrected chi connectivity index (χ1v) is 15.3. The molecule has 0 saturated heterocycles. The summed E-state index contributed by atoms with van der Waals surface area (Å²) in [6, 6.07) is 46.7. The normalized spacial score (nSPS) is 11.4. The highest BCUT2D eigenvalue weighted by molar-refractivity contribution is 5.96. The zero-order chi connectivity index (χ0) is 32.6. The number of esters is 1. The Labute approximate surface area is 273 Å². The van der Waals surface area contributed by atoms with Crippen LogP contribution < -0.4 is 5.43 Å². The van der Waals surface area contributed by atoms with Gasteiger partial charge in [-0.3, -0.25) is 4.79 Å². The molecular formula is C40H33N3O4. The van der Waals surface area contributed by atoms with E-state index in [1.807, 2.05) is 91.0 Å². The zero-order valence-corrected chi connectivity index (χ0v) is 25.8. The second-order valence-electron chi connectivity index (χ2n) is 10.8. The molecule has 232 valence electrons. The van der Waals surface area contributed by atoms with Crippen LogP contribution in [-0.4, -0.2) is 34.4 Å². The number of aliphatic hydroxyl groups is 1. The Bertz CT molecular complexity index is 1950. The summed E-state index contributed by atoms with van der Waals surface area (Å²) in [7, 11) is 0. The lowest BCUT2D eigenvalue weighted by Gasteiger charge is -2.27. The SMILES string of the molecule is CCOC(=O)c1ccc(-n2c(-c3ccccc3)cc(/C=N\NC(=O)C(O)(c3ccccc3)c3ccccc3)c2-c2ccccc2)cc1. The molecule has 47 heavy (non-hydrogen) atoms. The molecule has 0 radical (unpaired) electrons. The van der Waals surface area contributed by atoms with Crippen molar-refractivity contribution in [2.75, 3.05) is 6.61 Å². The summed E-state index contributed by atoms with van der Waals surface area (Å²) in [5.74, 6) is -1.07. The predicted molar refractivity (Wildman–Crippen MR) is 184 cm³/mol. The number of hydrogen-bond donors (Lipinski definition) is 2. The van der Waals surface area contributed by atoms with Crippen LogP contribution in [0.5, 0.6) is 0 Å². The first-order chi connectivity index (χ1) is 23.0. The van der Waals surface area contributed by atoms with E-state index in [1.165, 1.54) is 0 Å². The maximum absolute atomic E-state index is 13.7. The van der Waals surface area contributed by atoms with Crippen LogP contribution in [0.2, 0.25) is 0 Å². The lowest BCUT2D eigenvalue weighted by atomic mass is 9.85. The molecule has 1 amide bonds. The highest BCUT2D eigenvalue weighted by atomic mass is 16.5. The van der Waals surface area contributed by atoms with E-state index in [-0.39, 0.29) is 5.97 Å². The van der Waals surface area contributed by atoms with Crippen LogP contribution in [0.25, 0.3) is 28.2 Å². The van der Waals surface area contributed by atoms with Crippen LogP contribution in [0.4, 0.5) is 0 Å². The van der Waals surface area contributed by atoms with Gasteiger partial charge < -0.3 is 14.4 Å². The van der Waals surface area contributed by atoms with Crippen molar-refractivity contribution in [3.63, 3.8) is 0 Å². The third-order valence-electron chi connectivity index (χ3n) is 7.87. The largest absolute Gasteiger partial charge is 0.462 e. The summed E-state index contributed by atoms with van der Waals surface area (Å²) in [6.07, 6.45) is 1.59. The summed E-state index contributed by atoms with van der Waals surface area (Å²) in [6.45, 7) is 2.07. The molecule has 0 spiro atoms.